The molecule has 1 unspecified atom stereocenters. The lowest BCUT2D eigenvalue weighted by atomic mass is 10.2. The zero-order valence-corrected chi connectivity index (χ0v) is 12.7. The second-order valence-corrected chi connectivity index (χ2v) is 4.41. The third-order valence-corrected chi connectivity index (χ3v) is 2.97. The topological polar surface area (TPSA) is 50.8 Å². The van der Waals surface area contributed by atoms with Gasteiger partial charge in [0.25, 0.3) is 0 Å². The second-order valence-electron chi connectivity index (χ2n) is 4.41. The molecule has 0 heterocycles. The molecule has 1 rings (SSSR count). The van der Waals surface area contributed by atoms with Gasteiger partial charge >= 0.3 is 5.97 Å². The third-order valence-electron chi connectivity index (χ3n) is 2.97. The molecule has 5 heteroatoms. The predicted octanol–water partition coefficient (Wildman–Crippen LogP) is 1.67. The lowest BCUT2D eigenvalue weighted by molar-refractivity contribution is -0.145. The van der Waals surface area contributed by atoms with Crippen LogP contribution in [-0.2, 0) is 9.53 Å². The van der Waals surface area contributed by atoms with Crippen LogP contribution in [0.2, 0.25) is 0 Å². The van der Waals surface area contributed by atoms with Crippen LogP contribution in [0.5, 0.6) is 5.75 Å². The van der Waals surface area contributed by atoms with Gasteiger partial charge in [0.1, 0.15) is 11.8 Å². The van der Waals surface area contributed by atoms with E-state index in [0.717, 1.165) is 11.4 Å². The van der Waals surface area contributed by atoms with E-state index in [1.165, 1.54) is 0 Å². The van der Waals surface area contributed by atoms with Gasteiger partial charge in [-0.2, -0.15) is 0 Å². The number of rotatable bonds is 8. The zero-order valence-electron chi connectivity index (χ0n) is 12.7. The van der Waals surface area contributed by atoms with Gasteiger partial charge in [-0.15, -0.1) is 0 Å². The summed E-state index contributed by atoms with van der Waals surface area (Å²) in [6.07, 6.45) is 0. The van der Waals surface area contributed by atoms with Gasteiger partial charge in [0, 0.05) is 13.6 Å². The zero-order chi connectivity index (χ0) is 15.0. The number of likely N-dealkylation sites (N-methyl/N-ethyl adjacent to an activating group) is 2. The smallest absolute Gasteiger partial charge is 0.324 e. The molecule has 5 nitrogen and oxygen atoms in total. The molecule has 0 aliphatic rings. The number of hydrogen-bond donors (Lipinski definition) is 1. The Morgan fingerprint density at radius 3 is 2.65 bits per heavy atom. The molecular formula is C15H24N2O3. The average molecular weight is 280 g/mol. The Morgan fingerprint density at radius 2 is 2.05 bits per heavy atom. The molecule has 1 aromatic rings. The number of esters is 1. The van der Waals surface area contributed by atoms with Gasteiger partial charge in [0.15, 0.2) is 0 Å². The van der Waals surface area contributed by atoms with Gasteiger partial charge < -0.3 is 19.7 Å². The van der Waals surface area contributed by atoms with Crippen LogP contribution in [0.3, 0.4) is 0 Å². The second kappa shape index (κ2) is 8.43. The fraction of sp³-hybridized carbons (Fsp3) is 0.533. The summed E-state index contributed by atoms with van der Waals surface area (Å²) in [5, 5.41) is 3.15. The van der Waals surface area contributed by atoms with Gasteiger partial charge in [-0.1, -0.05) is 19.1 Å². The quantitative estimate of drug-likeness (QED) is 0.734. The largest absolute Gasteiger partial charge is 0.495 e. The van der Waals surface area contributed by atoms with Gasteiger partial charge in [-0.05, 0) is 25.6 Å². The van der Waals surface area contributed by atoms with Crippen LogP contribution in [0.25, 0.3) is 0 Å². The van der Waals surface area contributed by atoms with E-state index in [4.69, 9.17) is 9.47 Å². The SMILES string of the molecule is CCNC(CN(C)c1ccccc1OC)C(=O)OCC. The summed E-state index contributed by atoms with van der Waals surface area (Å²) in [6.45, 7) is 5.40. The van der Waals surface area contributed by atoms with Crippen LogP contribution in [0, 0.1) is 0 Å². The first kappa shape index (κ1) is 16.3. The molecule has 1 atom stereocenters. The normalized spacial score (nSPS) is 11.8. The van der Waals surface area contributed by atoms with E-state index in [0.29, 0.717) is 19.7 Å². The summed E-state index contributed by atoms with van der Waals surface area (Å²) in [5.41, 5.74) is 0.946. The molecular weight excluding hydrogens is 256 g/mol. The number of hydrogen-bond acceptors (Lipinski definition) is 5. The van der Waals surface area contributed by atoms with Crippen LogP contribution in [0.4, 0.5) is 5.69 Å². The highest BCUT2D eigenvalue weighted by atomic mass is 16.5. The van der Waals surface area contributed by atoms with Gasteiger partial charge in [0.05, 0.1) is 19.4 Å². The first-order chi connectivity index (χ1) is 9.63. The molecule has 1 N–H and O–H groups in total. The lowest BCUT2D eigenvalue weighted by Gasteiger charge is -2.26. The molecule has 0 spiro atoms. The highest BCUT2D eigenvalue weighted by Gasteiger charge is 2.21. The lowest BCUT2D eigenvalue weighted by Crippen LogP contribution is -2.46. The van der Waals surface area contributed by atoms with Crippen LogP contribution < -0.4 is 15.0 Å². The minimum atomic E-state index is -0.352. The number of ether oxygens (including phenoxy) is 2. The summed E-state index contributed by atoms with van der Waals surface area (Å²) < 4.78 is 10.4. The molecule has 0 fully saturated rings. The minimum Gasteiger partial charge on any atom is -0.495 e. The maximum absolute atomic E-state index is 11.9. The molecule has 0 saturated carbocycles. The highest BCUT2D eigenvalue weighted by Crippen LogP contribution is 2.26. The number of para-hydroxylation sites is 2. The molecule has 1 aromatic carbocycles. The van der Waals surface area contributed by atoms with Crippen molar-refractivity contribution in [3.8, 4) is 5.75 Å². The fourth-order valence-electron chi connectivity index (χ4n) is 2.03. The Balaban J connectivity index is 2.79. The number of carbonyl (C=O) groups is 1. The molecule has 0 aromatic heterocycles. The summed E-state index contributed by atoms with van der Waals surface area (Å²) in [6, 6.07) is 7.38. The molecule has 0 aliphatic heterocycles. The van der Waals surface area contributed by atoms with E-state index in [-0.39, 0.29) is 12.0 Å². The Kier molecular flexibility index (Phi) is 6.87. The number of nitrogens with zero attached hydrogens (tertiary/aromatic N) is 1. The van der Waals surface area contributed by atoms with E-state index in [1.54, 1.807) is 7.11 Å². The van der Waals surface area contributed by atoms with Crippen molar-refractivity contribution in [2.75, 3.05) is 38.8 Å². The van der Waals surface area contributed by atoms with Crippen molar-refractivity contribution >= 4 is 11.7 Å². The number of benzene rings is 1. The summed E-state index contributed by atoms with van der Waals surface area (Å²) in [5.74, 6) is 0.560. The van der Waals surface area contributed by atoms with Crippen molar-refractivity contribution in [2.24, 2.45) is 0 Å². The molecule has 0 saturated heterocycles. The van der Waals surface area contributed by atoms with E-state index in [2.05, 4.69) is 5.32 Å². The molecule has 0 amide bonds. The van der Waals surface area contributed by atoms with Crippen molar-refractivity contribution < 1.29 is 14.3 Å². The van der Waals surface area contributed by atoms with Crippen molar-refractivity contribution in [1.82, 2.24) is 5.32 Å². The molecule has 0 bridgehead atoms. The molecule has 112 valence electrons. The average Bonchev–Trinajstić information content (AvgIpc) is 2.46. The summed E-state index contributed by atoms with van der Waals surface area (Å²) in [7, 11) is 3.57. The maximum Gasteiger partial charge on any atom is 0.324 e. The van der Waals surface area contributed by atoms with Crippen molar-refractivity contribution in [2.45, 2.75) is 19.9 Å². The number of anilines is 1. The van der Waals surface area contributed by atoms with Crippen LogP contribution >= 0.6 is 0 Å². The van der Waals surface area contributed by atoms with E-state index in [1.807, 2.05) is 50.1 Å². The monoisotopic (exact) mass is 280 g/mol. The van der Waals surface area contributed by atoms with E-state index < -0.39 is 0 Å². The third kappa shape index (κ3) is 4.42. The highest BCUT2D eigenvalue weighted by molar-refractivity contribution is 5.77. The first-order valence-electron chi connectivity index (χ1n) is 6.88. The first-order valence-corrected chi connectivity index (χ1v) is 6.88. The molecule has 0 radical (unpaired) electrons. The standard InChI is InChI=1S/C15H24N2O3/c1-5-16-12(15(18)20-6-2)11-17(3)13-9-7-8-10-14(13)19-4/h7-10,12,16H,5-6,11H2,1-4H3. The Hall–Kier alpha value is -1.75. The fourth-order valence-corrected chi connectivity index (χ4v) is 2.03. The molecule has 20 heavy (non-hydrogen) atoms. The number of methoxy groups -OCH3 is 1. The van der Waals surface area contributed by atoms with E-state index in [9.17, 15) is 4.79 Å². The number of nitrogens with one attached hydrogen (secondary N) is 1. The summed E-state index contributed by atoms with van der Waals surface area (Å²) in [4.78, 5) is 13.9. The van der Waals surface area contributed by atoms with Gasteiger partial charge in [-0.25, -0.2) is 0 Å². The summed E-state index contributed by atoms with van der Waals surface area (Å²) >= 11 is 0. The molecule has 0 aliphatic carbocycles. The Labute approximate surface area is 120 Å². The number of carbonyl (C=O) groups excluding carboxylic acids is 1. The van der Waals surface area contributed by atoms with Crippen molar-refractivity contribution in [1.29, 1.82) is 0 Å². The van der Waals surface area contributed by atoms with Crippen molar-refractivity contribution in [3.05, 3.63) is 24.3 Å². The Bertz CT molecular complexity index is 423. The van der Waals surface area contributed by atoms with Crippen LogP contribution in [0.15, 0.2) is 24.3 Å². The maximum atomic E-state index is 11.9. The van der Waals surface area contributed by atoms with E-state index >= 15 is 0 Å². The van der Waals surface area contributed by atoms with Crippen LogP contribution in [0.1, 0.15) is 13.8 Å². The predicted molar refractivity (Wildman–Crippen MR) is 80.4 cm³/mol. The minimum absolute atomic E-state index is 0.226. The van der Waals surface area contributed by atoms with Crippen molar-refractivity contribution in [3.63, 3.8) is 0 Å². The van der Waals surface area contributed by atoms with Crippen LogP contribution in [-0.4, -0.2) is 45.9 Å². The van der Waals surface area contributed by atoms with Gasteiger partial charge in [-0.3, -0.25) is 4.79 Å². The van der Waals surface area contributed by atoms with Gasteiger partial charge in [0.2, 0.25) is 0 Å². The Morgan fingerprint density at radius 1 is 1.35 bits per heavy atom.